The summed E-state index contributed by atoms with van der Waals surface area (Å²) in [6.07, 6.45) is -4.61. The van der Waals surface area contributed by atoms with Gasteiger partial charge in [0.1, 0.15) is 11.0 Å². The predicted molar refractivity (Wildman–Crippen MR) is 103 cm³/mol. The number of halogens is 5. The molecule has 0 radical (unpaired) electrons. The van der Waals surface area contributed by atoms with Crippen molar-refractivity contribution in [3.63, 3.8) is 0 Å². The van der Waals surface area contributed by atoms with Crippen LogP contribution in [0.3, 0.4) is 0 Å². The van der Waals surface area contributed by atoms with Gasteiger partial charge in [-0.2, -0.15) is 13.2 Å². The lowest BCUT2D eigenvalue weighted by atomic mass is 9.85. The van der Waals surface area contributed by atoms with E-state index in [4.69, 9.17) is 16.3 Å². The van der Waals surface area contributed by atoms with E-state index in [1.54, 1.807) is 0 Å². The van der Waals surface area contributed by atoms with Crippen molar-refractivity contribution in [2.24, 2.45) is 5.92 Å². The average Bonchev–Trinajstić information content (AvgIpc) is 2.64. The molecule has 0 spiro atoms. The van der Waals surface area contributed by atoms with Gasteiger partial charge in [-0.15, -0.1) is 0 Å². The Kier molecular flexibility index (Phi) is 6.47. The standard InChI is InChI=1S/C19H17ClF4N2O4S/c1-30-17-5-11(4-16(20)26-17)18(27)25-9-10-2-14(3-10)31(28,29)15-7-12(19(22,23)24)6-13(21)8-15/h4-8,10,14H,2-3,9H2,1H3,(H,25,27)/t10-,14-. The number of ether oxygens (including phenoxy) is 1. The van der Waals surface area contributed by atoms with Gasteiger partial charge >= 0.3 is 6.18 Å². The average molecular weight is 481 g/mol. The smallest absolute Gasteiger partial charge is 0.416 e. The van der Waals surface area contributed by atoms with Gasteiger partial charge in [-0.05, 0) is 43.0 Å². The number of hydrogen-bond acceptors (Lipinski definition) is 5. The summed E-state index contributed by atoms with van der Waals surface area (Å²) in [5, 5.41) is 1.76. The van der Waals surface area contributed by atoms with Crippen molar-refractivity contribution < 1.29 is 35.5 Å². The largest absolute Gasteiger partial charge is 0.481 e. The van der Waals surface area contributed by atoms with Crippen LogP contribution >= 0.6 is 11.6 Å². The lowest BCUT2D eigenvalue weighted by Crippen LogP contribution is -2.42. The molecule has 0 atom stereocenters. The predicted octanol–water partition coefficient (Wildman–Crippen LogP) is 3.88. The molecule has 1 saturated carbocycles. The van der Waals surface area contributed by atoms with Gasteiger partial charge in [0.05, 0.1) is 22.8 Å². The van der Waals surface area contributed by atoms with E-state index >= 15 is 0 Å². The molecule has 1 heterocycles. The van der Waals surface area contributed by atoms with Gasteiger partial charge < -0.3 is 10.1 Å². The first-order valence-corrected chi connectivity index (χ1v) is 10.9. The highest BCUT2D eigenvalue weighted by atomic mass is 35.5. The number of alkyl halides is 3. The van der Waals surface area contributed by atoms with E-state index in [2.05, 4.69) is 10.3 Å². The third-order valence-corrected chi connectivity index (χ3v) is 7.30. The molecule has 6 nitrogen and oxygen atoms in total. The number of pyridine rings is 1. The van der Waals surface area contributed by atoms with Gasteiger partial charge in [0, 0.05) is 18.2 Å². The molecule has 0 unspecified atom stereocenters. The summed E-state index contributed by atoms with van der Waals surface area (Å²) in [5.74, 6) is -1.78. The normalized spacial score (nSPS) is 18.9. The number of methoxy groups -OCH3 is 1. The highest BCUT2D eigenvalue weighted by Crippen LogP contribution is 2.38. The number of amides is 1. The molecule has 2 aromatic rings. The first kappa shape index (κ1) is 23.3. The Morgan fingerprint density at radius 3 is 2.52 bits per heavy atom. The summed E-state index contributed by atoms with van der Waals surface area (Å²) in [4.78, 5) is 15.4. The molecule has 1 aromatic heterocycles. The van der Waals surface area contributed by atoms with E-state index < -0.39 is 43.4 Å². The summed E-state index contributed by atoms with van der Waals surface area (Å²) in [6, 6.07) is 4.00. The summed E-state index contributed by atoms with van der Waals surface area (Å²) in [5.41, 5.74) is -1.15. The van der Waals surface area contributed by atoms with Gasteiger partial charge in [-0.25, -0.2) is 17.8 Å². The van der Waals surface area contributed by atoms with Crippen molar-refractivity contribution >= 4 is 27.3 Å². The monoisotopic (exact) mass is 480 g/mol. The summed E-state index contributed by atoms with van der Waals surface area (Å²) < 4.78 is 82.3. The summed E-state index contributed by atoms with van der Waals surface area (Å²) in [6.45, 7) is 0.157. The Bertz CT molecular complexity index is 1100. The molecule has 1 aliphatic carbocycles. The summed E-state index contributed by atoms with van der Waals surface area (Å²) in [7, 11) is -2.77. The zero-order valence-corrected chi connectivity index (χ0v) is 17.6. The minimum absolute atomic E-state index is 0.0626. The van der Waals surface area contributed by atoms with Crippen LogP contribution in [0.15, 0.2) is 35.2 Å². The molecule has 0 saturated heterocycles. The maximum Gasteiger partial charge on any atom is 0.416 e. The quantitative estimate of drug-likeness (QED) is 0.501. The Hall–Kier alpha value is -2.40. The van der Waals surface area contributed by atoms with Crippen molar-refractivity contribution in [2.75, 3.05) is 13.7 Å². The number of carbonyl (C=O) groups is 1. The minimum atomic E-state index is -4.86. The Balaban J connectivity index is 1.62. The summed E-state index contributed by atoms with van der Waals surface area (Å²) >= 11 is 5.82. The molecule has 1 amide bonds. The highest BCUT2D eigenvalue weighted by molar-refractivity contribution is 7.92. The maximum absolute atomic E-state index is 13.6. The van der Waals surface area contributed by atoms with Crippen molar-refractivity contribution in [2.45, 2.75) is 29.2 Å². The van der Waals surface area contributed by atoms with E-state index in [0.717, 1.165) is 0 Å². The zero-order chi connectivity index (χ0) is 23.0. The van der Waals surface area contributed by atoms with Gasteiger partial charge in [-0.1, -0.05) is 11.6 Å². The van der Waals surface area contributed by atoms with Crippen molar-refractivity contribution in [3.8, 4) is 5.88 Å². The second kappa shape index (κ2) is 8.62. The fraction of sp³-hybridized carbons (Fsp3) is 0.368. The molecule has 12 heteroatoms. The SMILES string of the molecule is COc1cc(C(=O)NC[C@H]2C[C@H](S(=O)(=O)c3cc(F)cc(C(F)(F)F)c3)C2)cc(Cl)n1. The molecular weight excluding hydrogens is 464 g/mol. The van der Waals surface area contributed by atoms with Gasteiger partial charge in [-0.3, -0.25) is 4.79 Å². The zero-order valence-electron chi connectivity index (χ0n) is 16.0. The Morgan fingerprint density at radius 2 is 1.90 bits per heavy atom. The van der Waals surface area contributed by atoms with Crippen LogP contribution in [-0.2, 0) is 16.0 Å². The Morgan fingerprint density at radius 1 is 1.23 bits per heavy atom. The molecule has 1 aliphatic rings. The van der Waals surface area contributed by atoms with Crippen LogP contribution < -0.4 is 10.1 Å². The van der Waals surface area contributed by atoms with Crippen LogP contribution in [0.25, 0.3) is 0 Å². The maximum atomic E-state index is 13.6. The van der Waals surface area contributed by atoms with E-state index in [9.17, 15) is 30.8 Å². The third-order valence-electron chi connectivity index (χ3n) is 4.95. The van der Waals surface area contributed by atoms with Crippen molar-refractivity contribution in [1.29, 1.82) is 0 Å². The molecule has 0 bridgehead atoms. The Labute approximate surface area is 180 Å². The topological polar surface area (TPSA) is 85.4 Å². The molecular formula is C19H17ClF4N2O4S. The minimum Gasteiger partial charge on any atom is -0.481 e. The second-order valence-electron chi connectivity index (χ2n) is 7.11. The van der Waals surface area contributed by atoms with Gasteiger partial charge in [0.25, 0.3) is 5.91 Å². The van der Waals surface area contributed by atoms with Gasteiger partial charge in [0.15, 0.2) is 9.84 Å². The van der Waals surface area contributed by atoms with Crippen molar-refractivity contribution in [3.05, 3.63) is 52.4 Å². The fourth-order valence-corrected chi connectivity index (χ4v) is 5.43. The third kappa shape index (κ3) is 5.27. The van der Waals surface area contributed by atoms with Crippen LogP contribution in [-0.4, -0.2) is 38.2 Å². The molecule has 1 N–H and O–H groups in total. The van der Waals surface area contributed by atoms with E-state index in [0.29, 0.717) is 12.1 Å². The van der Waals surface area contributed by atoms with Crippen LogP contribution in [0.5, 0.6) is 5.88 Å². The van der Waals surface area contributed by atoms with E-state index in [1.807, 2.05) is 0 Å². The number of rotatable bonds is 6. The molecule has 0 aliphatic heterocycles. The second-order valence-corrected chi connectivity index (χ2v) is 9.72. The van der Waals surface area contributed by atoms with E-state index in [-0.39, 0.29) is 48.0 Å². The number of nitrogens with zero attached hydrogens (tertiary/aromatic N) is 1. The number of nitrogens with one attached hydrogen (secondary N) is 1. The lowest BCUT2D eigenvalue weighted by molar-refractivity contribution is -0.137. The van der Waals surface area contributed by atoms with Crippen LogP contribution in [0, 0.1) is 11.7 Å². The first-order valence-electron chi connectivity index (χ1n) is 9.01. The number of sulfone groups is 1. The molecule has 3 rings (SSSR count). The number of hydrogen-bond donors (Lipinski definition) is 1. The first-order chi connectivity index (χ1) is 14.4. The lowest BCUT2D eigenvalue weighted by Gasteiger charge is -2.35. The van der Waals surface area contributed by atoms with Crippen molar-refractivity contribution in [1.82, 2.24) is 10.3 Å². The van der Waals surface area contributed by atoms with Crippen LogP contribution in [0.4, 0.5) is 17.6 Å². The van der Waals surface area contributed by atoms with E-state index in [1.165, 1.54) is 19.2 Å². The van der Waals surface area contributed by atoms with Gasteiger partial charge in [0.2, 0.25) is 5.88 Å². The highest BCUT2D eigenvalue weighted by Gasteiger charge is 2.41. The molecule has 1 fully saturated rings. The number of benzene rings is 1. The van der Waals surface area contributed by atoms with Crippen LogP contribution in [0.2, 0.25) is 5.15 Å². The fourth-order valence-electron chi connectivity index (χ4n) is 3.23. The number of aromatic nitrogens is 1. The molecule has 168 valence electrons. The molecule has 31 heavy (non-hydrogen) atoms. The molecule has 1 aromatic carbocycles. The number of carbonyl (C=O) groups excluding carboxylic acids is 1. The van der Waals surface area contributed by atoms with Crippen LogP contribution in [0.1, 0.15) is 28.8 Å².